The van der Waals surface area contributed by atoms with E-state index < -0.39 is 10.0 Å². The Bertz CT molecular complexity index is 757. The second-order valence-corrected chi connectivity index (χ2v) is 12.3. The summed E-state index contributed by atoms with van der Waals surface area (Å²) in [7, 11) is -3.35. The van der Waals surface area contributed by atoms with Gasteiger partial charge in [-0.25, -0.2) is 12.7 Å². The molecule has 1 aromatic carbocycles. The minimum atomic E-state index is -3.35. The Morgan fingerprint density at radius 1 is 1.07 bits per heavy atom. The summed E-state index contributed by atoms with van der Waals surface area (Å²) in [5.41, 5.74) is 0.781. The van der Waals surface area contributed by atoms with E-state index >= 15 is 0 Å². The molecule has 3 rings (SSSR count). The van der Waals surface area contributed by atoms with Gasteiger partial charge in [0, 0.05) is 41.0 Å². The van der Waals surface area contributed by atoms with Crippen LogP contribution in [0.15, 0.2) is 28.7 Å². The van der Waals surface area contributed by atoms with Crippen molar-refractivity contribution >= 4 is 43.6 Å². The molecule has 162 valence electrons. The number of thioether (sulfide) groups is 1. The van der Waals surface area contributed by atoms with Gasteiger partial charge in [0.1, 0.15) is 0 Å². The lowest BCUT2D eigenvalue weighted by molar-refractivity contribution is -0.125. The van der Waals surface area contributed by atoms with Crippen molar-refractivity contribution in [3.05, 3.63) is 34.3 Å². The molecule has 2 aliphatic rings. The molecule has 0 unspecified atom stereocenters. The van der Waals surface area contributed by atoms with Crippen LogP contribution in [-0.4, -0.2) is 49.3 Å². The number of rotatable bonds is 8. The molecule has 0 spiro atoms. The van der Waals surface area contributed by atoms with E-state index in [9.17, 15) is 13.2 Å². The third-order valence-corrected chi connectivity index (χ3v) is 9.55. The molecule has 0 aromatic heterocycles. The van der Waals surface area contributed by atoms with Crippen LogP contribution in [0.2, 0.25) is 0 Å². The van der Waals surface area contributed by atoms with Gasteiger partial charge in [0.2, 0.25) is 15.9 Å². The van der Waals surface area contributed by atoms with Gasteiger partial charge in [-0.1, -0.05) is 47.3 Å². The topological polar surface area (TPSA) is 66.5 Å². The molecule has 0 radical (unpaired) electrons. The number of benzene rings is 1. The van der Waals surface area contributed by atoms with E-state index in [-0.39, 0.29) is 17.6 Å². The molecule has 0 atom stereocenters. The van der Waals surface area contributed by atoms with Crippen LogP contribution < -0.4 is 5.32 Å². The van der Waals surface area contributed by atoms with Crippen molar-refractivity contribution in [3.8, 4) is 0 Å². The number of amides is 1. The van der Waals surface area contributed by atoms with Gasteiger partial charge in [0.25, 0.3) is 0 Å². The molecule has 1 heterocycles. The highest BCUT2D eigenvalue weighted by atomic mass is 79.9. The van der Waals surface area contributed by atoms with Crippen molar-refractivity contribution in [2.75, 3.05) is 25.4 Å². The first kappa shape index (κ1) is 23.1. The van der Waals surface area contributed by atoms with E-state index in [1.165, 1.54) is 36.4 Å². The molecule has 1 saturated carbocycles. The molecule has 1 aromatic rings. The van der Waals surface area contributed by atoms with Crippen LogP contribution in [0.1, 0.15) is 50.5 Å². The highest BCUT2D eigenvalue weighted by Crippen LogP contribution is 2.28. The van der Waals surface area contributed by atoms with Crippen molar-refractivity contribution in [1.29, 1.82) is 0 Å². The lowest BCUT2D eigenvalue weighted by Gasteiger charge is -2.30. The van der Waals surface area contributed by atoms with Crippen molar-refractivity contribution in [3.63, 3.8) is 0 Å². The number of halogens is 1. The van der Waals surface area contributed by atoms with E-state index in [1.54, 1.807) is 0 Å². The average molecular weight is 504 g/mol. The number of nitrogens with zero attached hydrogens (tertiary/aromatic N) is 1. The van der Waals surface area contributed by atoms with Crippen LogP contribution in [0.4, 0.5) is 0 Å². The molecule has 8 heteroatoms. The summed E-state index contributed by atoms with van der Waals surface area (Å²) in [6.07, 6.45) is 7.87. The van der Waals surface area contributed by atoms with Gasteiger partial charge in [0.05, 0.1) is 5.75 Å². The monoisotopic (exact) mass is 502 g/mol. The molecule has 0 bridgehead atoms. The summed E-state index contributed by atoms with van der Waals surface area (Å²) >= 11 is 5.35. The van der Waals surface area contributed by atoms with Crippen molar-refractivity contribution in [1.82, 2.24) is 9.62 Å². The fraction of sp³-hybridized carbons (Fsp3) is 0.667. The number of hydrogen-bond acceptors (Lipinski definition) is 4. The molecule has 2 fully saturated rings. The summed E-state index contributed by atoms with van der Waals surface area (Å²) in [5, 5.41) is 3.82. The first-order chi connectivity index (χ1) is 13.9. The second-order valence-electron chi connectivity index (χ2n) is 7.98. The zero-order valence-corrected chi connectivity index (χ0v) is 20.0. The van der Waals surface area contributed by atoms with E-state index in [2.05, 4.69) is 21.2 Å². The summed E-state index contributed by atoms with van der Waals surface area (Å²) in [4.78, 5) is 12.4. The molecule has 29 heavy (non-hydrogen) atoms. The van der Waals surface area contributed by atoms with Crippen molar-refractivity contribution < 1.29 is 13.2 Å². The lowest BCUT2D eigenvalue weighted by atomic mass is 9.97. The third-order valence-electron chi connectivity index (χ3n) is 5.79. The third kappa shape index (κ3) is 7.26. The maximum atomic E-state index is 12.7. The Labute approximate surface area is 187 Å². The van der Waals surface area contributed by atoms with E-state index in [4.69, 9.17) is 0 Å². The Kier molecular flexibility index (Phi) is 8.89. The summed E-state index contributed by atoms with van der Waals surface area (Å²) in [6, 6.07) is 7.36. The largest absolute Gasteiger partial charge is 0.355 e. The number of hydrogen-bond donors (Lipinski definition) is 1. The zero-order chi connectivity index (χ0) is 20.7. The highest BCUT2D eigenvalue weighted by molar-refractivity contribution is 9.10. The molecule has 5 nitrogen and oxygen atoms in total. The van der Waals surface area contributed by atoms with Crippen LogP contribution in [0, 0.1) is 5.92 Å². The van der Waals surface area contributed by atoms with Crippen LogP contribution in [-0.2, 0) is 20.6 Å². The number of piperidine rings is 1. The van der Waals surface area contributed by atoms with Crippen molar-refractivity contribution in [2.24, 2.45) is 5.92 Å². The predicted molar refractivity (Wildman–Crippen MR) is 123 cm³/mol. The maximum Gasteiger partial charge on any atom is 0.223 e. The summed E-state index contributed by atoms with van der Waals surface area (Å²) in [6.45, 7) is 1.56. The van der Waals surface area contributed by atoms with Crippen LogP contribution in [0.5, 0.6) is 0 Å². The van der Waals surface area contributed by atoms with Crippen molar-refractivity contribution in [2.45, 2.75) is 55.9 Å². The SMILES string of the molecule is O=C(NCCSC1CCCCC1)C1CCN(S(=O)(=O)Cc2ccc(Br)cc2)CC1. The van der Waals surface area contributed by atoms with Gasteiger partial charge in [-0.2, -0.15) is 11.8 Å². The maximum absolute atomic E-state index is 12.7. The van der Waals surface area contributed by atoms with Gasteiger partial charge in [-0.05, 0) is 43.4 Å². The molecule has 1 aliphatic carbocycles. The molecule has 1 aliphatic heterocycles. The smallest absolute Gasteiger partial charge is 0.223 e. The zero-order valence-electron chi connectivity index (χ0n) is 16.8. The fourth-order valence-corrected chi connectivity index (χ4v) is 7.10. The highest BCUT2D eigenvalue weighted by Gasteiger charge is 2.31. The minimum Gasteiger partial charge on any atom is -0.355 e. The average Bonchev–Trinajstić information content (AvgIpc) is 2.73. The van der Waals surface area contributed by atoms with E-state index in [0.29, 0.717) is 32.5 Å². The summed E-state index contributed by atoms with van der Waals surface area (Å²) < 4.78 is 27.8. The molecule has 1 N–H and O–H groups in total. The number of carbonyl (C=O) groups excluding carboxylic acids is 1. The van der Waals surface area contributed by atoms with Gasteiger partial charge in [-0.15, -0.1) is 0 Å². The van der Waals surface area contributed by atoms with Gasteiger partial charge in [0.15, 0.2) is 0 Å². The normalized spacial score (nSPS) is 19.9. The first-order valence-corrected chi connectivity index (χ1v) is 14.0. The van der Waals surface area contributed by atoms with Crippen LogP contribution in [0.3, 0.4) is 0 Å². The van der Waals surface area contributed by atoms with Gasteiger partial charge >= 0.3 is 0 Å². The minimum absolute atomic E-state index is 0.00946. The van der Waals surface area contributed by atoms with E-state index in [1.807, 2.05) is 36.0 Å². The molecule has 1 saturated heterocycles. The first-order valence-electron chi connectivity index (χ1n) is 10.6. The van der Waals surface area contributed by atoms with Crippen LogP contribution >= 0.6 is 27.7 Å². The lowest BCUT2D eigenvalue weighted by Crippen LogP contribution is -2.43. The van der Waals surface area contributed by atoms with Gasteiger partial charge < -0.3 is 5.32 Å². The molecular weight excluding hydrogens is 472 g/mol. The predicted octanol–water partition coefficient (Wildman–Crippen LogP) is 4.17. The van der Waals surface area contributed by atoms with E-state index in [0.717, 1.165) is 21.0 Å². The molecular formula is C21H31BrN2O3S2. The molecule has 1 amide bonds. The standard InChI is InChI=1S/C21H31BrN2O3S2/c22-19-8-6-17(7-9-19)16-29(26,27)24-13-10-18(11-14-24)21(25)23-12-15-28-20-4-2-1-3-5-20/h6-9,18,20H,1-5,10-16H2,(H,23,25). The van der Waals surface area contributed by atoms with Crippen LogP contribution in [0.25, 0.3) is 0 Å². The number of sulfonamides is 1. The summed E-state index contributed by atoms with van der Waals surface area (Å²) in [5.74, 6) is 0.986. The Hall–Kier alpha value is -0.570. The van der Waals surface area contributed by atoms with Gasteiger partial charge in [-0.3, -0.25) is 4.79 Å². The second kappa shape index (κ2) is 11.2. The Morgan fingerprint density at radius 2 is 1.72 bits per heavy atom. The number of nitrogens with one attached hydrogen (secondary N) is 1. The fourth-order valence-electron chi connectivity index (χ4n) is 4.05. The Balaban J connectivity index is 1.37. The Morgan fingerprint density at radius 3 is 2.38 bits per heavy atom. The number of carbonyl (C=O) groups is 1. The quantitative estimate of drug-likeness (QED) is 0.541.